The second kappa shape index (κ2) is 47.7. The van der Waals surface area contributed by atoms with Crippen molar-refractivity contribution in [1.82, 2.24) is 64.5 Å². The number of thiophene rings is 3. The molecule has 0 unspecified atom stereocenters. The van der Waals surface area contributed by atoms with Gasteiger partial charge in [0.05, 0.1) is 28.7 Å². The summed E-state index contributed by atoms with van der Waals surface area (Å²) in [7, 11) is 4.15. The molecule has 149 heavy (non-hydrogen) atoms. The summed E-state index contributed by atoms with van der Waals surface area (Å²) < 4.78 is 0. The number of hydrogen-bond donors (Lipinski definition) is 5. The normalized spacial score (nSPS) is 15.7. The van der Waals surface area contributed by atoms with E-state index in [9.17, 15) is 28.8 Å². The van der Waals surface area contributed by atoms with Crippen LogP contribution in [0.2, 0.25) is 0 Å². The second-order valence-electron chi connectivity index (χ2n) is 40.0. The van der Waals surface area contributed by atoms with Gasteiger partial charge in [-0.2, -0.15) is 0 Å². The van der Waals surface area contributed by atoms with E-state index in [1.165, 1.54) is 11.3 Å². The van der Waals surface area contributed by atoms with Gasteiger partial charge in [0.25, 0.3) is 0 Å². The Morgan fingerprint density at radius 1 is 0.396 bits per heavy atom. The van der Waals surface area contributed by atoms with Gasteiger partial charge in [-0.1, -0.05) is 140 Å². The SMILES string of the molecule is CN(c1ncc(C(=O)Cc2cc(-c3ccccc3)ccc2N)cn1)C1CCN(C(=O)Cc2c[nH]c3ccccc23)CC1.CN1CCC(Cc2ncc(C(=O)Cc3cc(-c4cccs4)ccc3N)cn2)(c2ccccc2)CC1.Nc1ccc(-c2cccs2)cc1CC(=O)c1cnc(CC2CCN(c3ccccc3)CC2)nc1.Nc1ccc(-c2cccs2)cc1CC(=O)c1cnc(N2CCCC23CCN(C(=O)N2CCCC2)CC3)nc1. The van der Waals surface area contributed by atoms with Crippen molar-refractivity contribution in [3.8, 4) is 42.4 Å². The molecule has 29 heteroatoms. The lowest BCUT2D eigenvalue weighted by Gasteiger charge is -2.45. The molecule has 0 radical (unpaired) electrons. The van der Waals surface area contributed by atoms with Crippen molar-refractivity contribution in [2.75, 3.05) is 124 Å². The van der Waals surface area contributed by atoms with Crippen LogP contribution >= 0.6 is 34.0 Å². The Balaban J connectivity index is 0.000000125. The van der Waals surface area contributed by atoms with Crippen molar-refractivity contribution >= 4 is 120 Å². The van der Waals surface area contributed by atoms with Crippen LogP contribution < -0.4 is 37.6 Å². The fourth-order valence-electron chi connectivity index (χ4n) is 21.4. The molecule has 8 aromatic carbocycles. The number of H-pyrrole nitrogens is 1. The zero-order valence-electron chi connectivity index (χ0n) is 84.3. The lowest BCUT2D eigenvalue weighted by atomic mass is 9.70. The Morgan fingerprint density at radius 3 is 1.34 bits per heavy atom. The van der Waals surface area contributed by atoms with E-state index < -0.39 is 0 Å². The van der Waals surface area contributed by atoms with Crippen molar-refractivity contribution in [1.29, 1.82) is 0 Å². The minimum Gasteiger partial charge on any atom is -0.398 e. The number of hydrogen-bond acceptors (Lipinski definition) is 25. The third kappa shape index (κ3) is 25.1. The lowest BCUT2D eigenvalue weighted by Crippen LogP contribution is -2.55. The van der Waals surface area contributed by atoms with Crippen LogP contribution in [0.4, 0.5) is 45.1 Å². The number of aromatic nitrogens is 9. The molecule has 1 spiro atoms. The number of para-hydroxylation sites is 2. The third-order valence-corrected chi connectivity index (χ3v) is 33.1. The number of fused-ring (bicyclic) bond motifs is 1. The summed E-state index contributed by atoms with van der Waals surface area (Å²) in [5, 5.41) is 7.23. The van der Waals surface area contributed by atoms with Gasteiger partial charge in [0.1, 0.15) is 11.6 Å². The minimum atomic E-state index is -0.0804. The van der Waals surface area contributed by atoms with Gasteiger partial charge in [-0.3, -0.25) is 24.0 Å². The number of nitrogens with one attached hydrogen (secondary N) is 1. The van der Waals surface area contributed by atoms with Crippen molar-refractivity contribution in [2.45, 2.75) is 139 Å². The molecule has 3 amide bonds. The number of urea groups is 1. The Kier molecular flexibility index (Phi) is 32.7. The smallest absolute Gasteiger partial charge is 0.320 e. The summed E-state index contributed by atoms with van der Waals surface area (Å²) >= 11 is 5.01. The van der Waals surface area contributed by atoms with Crippen LogP contribution in [0.5, 0.6) is 0 Å². The topological polar surface area (TPSA) is 348 Å². The fraction of sp³-hybridized carbons (Fsp3) is 0.300. The van der Waals surface area contributed by atoms with E-state index in [1.54, 1.807) is 83.6 Å². The number of aromatic amines is 1. The Labute approximate surface area is 882 Å². The summed E-state index contributed by atoms with van der Waals surface area (Å²) in [6.45, 7) is 9.81. The van der Waals surface area contributed by atoms with E-state index >= 15 is 0 Å². The molecule has 6 aliphatic heterocycles. The highest BCUT2D eigenvalue weighted by molar-refractivity contribution is 7.14. The number of ketones is 4. The lowest BCUT2D eigenvalue weighted by molar-refractivity contribution is -0.131. The number of likely N-dealkylation sites (tertiary alicyclic amines) is 4. The summed E-state index contributed by atoms with van der Waals surface area (Å²) in [6, 6.07) is 75.5. The summed E-state index contributed by atoms with van der Waals surface area (Å²) in [5.41, 5.74) is 42.6. The van der Waals surface area contributed by atoms with Crippen LogP contribution in [0, 0.1) is 5.92 Å². The van der Waals surface area contributed by atoms with Gasteiger partial charge in [-0.05, 0) is 265 Å². The maximum Gasteiger partial charge on any atom is 0.320 e. The number of nitrogen functional groups attached to an aromatic ring is 4. The molecule has 0 saturated carbocycles. The number of Topliss-reactive ketones (excluding diaryl/α,β-unsaturated/α-hetero) is 4. The van der Waals surface area contributed by atoms with E-state index in [1.807, 2.05) is 190 Å². The highest BCUT2D eigenvalue weighted by Gasteiger charge is 2.46. The second-order valence-corrected chi connectivity index (χ2v) is 42.8. The number of carbonyl (C=O) groups excluding carboxylic acids is 6. The molecule has 760 valence electrons. The van der Waals surface area contributed by atoms with Crippen LogP contribution in [-0.4, -0.2) is 197 Å². The maximum atomic E-state index is 13.1. The highest BCUT2D eigenvalue weighted by Crippen LogP contribution is 2.43. The largest absolute Gasteiger partial charge is 0.398 e. The molecular weight excluding hydrogens is 1910 g/mol. The van der Waals surface area contributed by atoms with Crippen LogP contribution in [0.25, 0.3) is 53.4 Å². The van der Waals surface area contributed by atoms with Gasteiger partial charge < -0.3 is 62.2 Å². The number of rotatable bonds is 27. The number of nitrogens with zero attached hydrogens (tertiary/aromatic N) is 15. The highest BCUT2D eigenvalue weighted by atomic mass is 32.1. The molecule has 16 aromatic rings. The zero-order valence-corrected chi connectivity index (χ0v) is 86.8. The molecule has 26 nitrogen and oxygen atoms in total. The molecule has 9 N–H and O–H groups in total. The average Bonchev–Trinajstić information content (AvgIpc) is 1.65. The number of carbonyl (C=O) groups is 6. The first-order valence-corrected chi connectivity index (χ1v) is 54.3. The summed E-state index contributed by atoms with van der Waals surface area (Å²) in [5.74, 6) is 3.40. The van der Waals surface area contributed by atoms with Gasteiger partial charge >= 0.3 is 6.03 Å². The molecule has 14 heterocycles. The number of piperidine rings is 4. The molecule has 0 atom stereocenters. The van der Waals surface area contributed by atoms with E-state index in [0.717, 1.165) is 242 Å². The number of benzene rings is 8. The quantitative estimate of drug-likeness (QED) is 0.0236. The number of anilines is 7. The summed E-state index contributed by atoms with van der Waals surface area (Å²) in [6.07, 6.45) is 30.3. The number of nitrogens with two attached hydrogens (primary N) is 4. The van der Waals surface area contributed by atoms with Crippen molar-refractivity contribution < 1.29 is 28.8 Å². The molecule has 22 rings (SSSR count). The number of amides is 3. The Bertz CT molecular complexity index is 7230. The molecule has 6 fully saturated rings. The fourth-order valence-corrected chi connectivity index (χ4v) is 23.6. The van der Waals surface area contributed by atoms with E-state index in [-0.39, 0.29) is 77.8 Å². The molecule has 6 aliphatic rings. The standard InChI is InChI=1S/C34H34N6O2.C29H34N6O2S.C29H30N4OS.C28H28N4OS/c1-39(28-13-15-40(16-14-28)33(42)19-26-20-36-31-10-6-5-9-29(26)31)34-37-21-27(22-38-34)32(41)18-25-17-24(11-12-30(25)35)23-7-3-2-4-8-23;30-24-7-6-21(26-5-3-16-38-26)17-22(24)18-25(36)23-19-31-27(32-20-23)35-13-4-8-29(35)9-14-34(15-10-29)28(37)33-11-1-2-12-33;1-33-13-11-29(12-14-33,24-6-3-2-4-7-24)18-28-31-19-23(20-32-28)26(34)17-22-16-21(9-10-25(22)30)27-8-5-15-35-27;29-25-9-8-21(27-7-4-14-34-27)16-22(25)17-26(33)23-18-30-28(31-19-23)15-20-10-12-32(13-11-20)24-5-2-1-3-6-24/h2-12,17,20-22,28,36H,13-16,18-19,35H2,1H3;3,5-7,16-17,19-20H,1-2,4,8-15,18,30H2;2-10,15-16,19-20H,11-14,17-18,30H2,1H3;1-9,14,16,18-20H,10-13,15,17,29H2. The predicted molar refractivity (Wildman–Crippen MR) is 599 cm³/mol. The van der Waals surface area contributed by atoms with E-state index in [4.69, 9.17) is 22.9 Å². The van der Waals surface area contributed by atoms with Gasteiger partial charge in [0.15, 0.2) is 23.1 Å². The molecule has 8 aromatic heterocycles. The minimum absolute atomic E-state index is 0.00992. The predicted octanol–water partition coefficient (Wildman–Crippen LogP) is 21.3. The average molecular weight is 2040 g/mol. The van der Waals surface area contributed by atoms with Crippen molar-refractivity contribution in [3.05, 3.63) is 364 Å². The third-order valence-electron chi connectivity index (χ3n) is 30.4. The first-order valence-electron chi connectivity index (χ1n) is 51.7. The van der Waals surface area contributed by atoms with Gasteiger partial charge in [-0.15, -0.1) is 34.0 Å². The van der Waals surface area contributed by atoms with Gasteiger partial charge in [0, 0.05) is 231 Å². The zero-order chi connectivity index (χ0) is 103. The molecule has 0 aliphatic carbocycles. The van der Waals surface area contributed by atoms with Crippen LogP contribution in [0.3, 0.4) is 0 Å². The van der Waals surface area contributed by atoms with Gasteiger partial charge in [0.2, 0.25) is 17.8 Å². The van der Waals surface area contributed by atoms with Crippen molar-refractivity contribution in [2.24, 2.45) is 5.92 Å². The first-order chi connectivity index (χ1) is 72.7. The summed E-state index contributed by atoms with van der Waals surface area (Å²) in [4.78, 5) is 137. The maximum absolute atomic E-state index is 13.1. The van der Waals surface area contributed by atoms with Crippen LogP contribution in [0.15, 0.2) is 296 Å². The van der Waals surface area contributed by atoms with E-state index in [2.05, 4.69) is 150 Å². The Hall–Kier alpha value is -15.3. The Morgan fingerprint density at radius 2 is 0.839 bits per heavy atom. The van der Waals surface area contributed by atoms with Crippen molar-refractivity contribution in [3.63, 3.8) is 0 Å². The molecule has 0 bridgehead atoms. The van der Waals surface area contributed by atoms with Crippen LogP contribution in [0.1, 0.15) is 164 Å². The van der Waals surface area contributed by atoms with Crippen LogP contribution in [-0.2, 0) is 55.2 Å². The monoisotopic (exact) mass is 2040 g/mol. The molecular formula is C120H126N20O6S3. The molecule has 6 saturated heterocycles. The first kappa shape index (κ1) is 102. The van der Waals surface area contributed by atoms with Gasteiger partial charge in [-0.25, -0.2) is 44.7 Å². The van der Waals surface area contributed by atoms with E-state index in [0.29, 0.717) is 82.3 Å².